The van der Waals surface area contributed by atoms with Gasteiger partial charge in [0, 0.05) is 25.6 Å². The summed E-state index contributed by atoms with van der Waals surface area (Å²) >= 11 is 0. The first kappa shape index (κ1) is 21.3. The van der Waals surface area contributed by atoms with Crippen molar-refractivity contribution < 1.29 is 31.2 Å². The number of nitrogens with zero attached hydrogens (tertiary/aromatic N) is 1. The fraction of sp³-hybridized carbons (Fsp3) is 0.882. The van der Waals surface area contributed by atoms with Crippen molar-refractivity contribution in [1.82, 2.24) is 10.4 Å². The minimum Gasteiger partial charge on any atom is -0.411 e. The van der Waals surface area contributed by atoms with Gasteiger partial charge in [0.25, 0.3) is 0 Å². The summed E-state index contributed by atoms with van der Waals surface area (Å²) in [5.41, 5.74) is 0. The van der Waals surface area contributed by atoms with Crippen LogP contribution < -0.4 is 5.32 Å². The minimum absolute atomic E-state index is 0.108. The Bertz CT molecular complexity index is 469. The molecule has 2 rings (SSSR count). The summed E-state index contributed by atoms with van der Waals surface area (Å²) in [6, 6.07) is 0.237. The van der Waals surface area contributed by atoms with Gasteiger partial charge in [-0.05, 0) is 57.6 Å². The molecule has 0 bridgehead atoms. The Morgan fingerprint density at radius 1 is 1.04 bits per heavy atom. The van der Waals surface area contributed by atoms with E-state index in [0.717, 1.165) is 25.0 Å². The highest BCUT2D eigenvalue weighted by Crippen LogP contribution is 2.48. The number of hydrogen-bond acceptors (Lipinski definition) is 3. The lowest BCUT2D eigenvalue weighted by Gasteiger charge is -2.38. The van der Waals surface area contributed by atoms with Crippen molar-refractivity contribution in [2.24, 2.45) is 11.8 Å². The average Bonchev–Trinajstić information content (AvgIpc) is 2.53. The van der Waals surface area contributed by atoms with E-state index in [9.17, 15) is 26.3 Å². The van der Waals surface area contributed by atoms with Crippen LogP contribution in [0.25, 0.3) is 0 Å². The largest absolute Gasteiger partial charge is 0.411 e. The third-order valence-electron chi connectivity index (χ3n) is 5.47. The van der Waals surface area contributed by atoms with Crippen LogP contribution in [-0.2, 0) is 4.84 Å². The Balaban J connectivity index is 1.88. The maximum Gasteiger partial charge on any atom is 0.400 e. The average molecular weight is 388 g/mol. The predicted octanol–water partition coefficient (Wildman–Crippen LogP) is 4.81. The molecule has 0 aromatic rings. The Labute approximate surface area is 149 Å². The first-order valence-electron chi connectivity index (χ1n) is 8.93. The highest BCUT2D eigenvalue weighted by atomic mass is 19.4. The van der Waals surface area contributed by atoms with Crippen molar-refractivity contribution >= 4 is 0 Å². The third kappa shape index (κ3) is 5.52. The summed E-state index contributed by atoms with van der Waals surface area (Å²) in [5.74, 6) is -3.84. The highest BCUT2D eigenvalue weighted by Gasteiger charge is 2.60. The first-order valence-corrected chi connectivity index (χ1v) is 8.93. The Kier molecular flexibility index (Phi) is 6.87. The topological polar surface area (TPSA) is 24.5 Å². The molecule has 1 fully saturated rings. The quantitative estimate of drug-likeness (QED) is 0.541. The summed E-state index contributed by atoms with van der Waals surface area (Å²) in [7, 11) is 3.59. The van der Waals surface area contributed by atoms with Gasteiger partial charge in [0.15, 0.2) is 5.92 Å². The Hall–Kier alpha value is -0.960. The fourth-order valence-electron chi connectivity index (χ4n) is 3.93. The van der Waals surface area contributed by atoms with Crippen LogP contribution in [0.2, 0.25) is 0 Å². The molecule has 0 spiro atoms. The Morgan fingerprint density at radius 3 is 2.04 bits per heavy atom. The van der Waals surface area contributed by atoms with Gasteiger partial charge in [-0.3, -0.25) is 0 Å². The van der Waals surface area contributed by atoms with E-state index in [1.807, 2.05) is 13.1 Å². The second-order valence-electron chi connectivity index (χ2n) is 7.20. The van der Waals surface area contributed by atoms with E-state index in [2.05, 4.69) is 5.32 Å². The molecular weight excluding hydrogens is 362 g/mol. The smallest absolute Gasteiger partial charge is 0.400 e. The van der Waals surface area contributed by atoms with Crippen molar-refractivity contribution in [3.8, 4) is 0 Å². The summed E-state index contributed by atoms with van der Waals surface area (Å²) in [4.78, 5) is 5.78. The number of alkyl halides is 6. The van der Waals surface area contributed by atoms with E-state index < -0.39 is 24.2 Å². The number of hydrogen-bond donors (Lipinski definition) is 1. The molecule has 0 heterocycles. The molecule has 0 aromatic heterocycles. The molecule has 2 aliphatic rings. The van der Waals surface area contributed by atoms with Crippen molar-refractivity contribution in [3.05, 3.63) is 11.8 Å². The van der Waals surface area contributed by atoms with E-state index in [1.54, 1.807) is 12.1 Å². The van der Waals surface area contributed by atoms with Gasteiger partial charge < -0.3 is 10.2 Å². The molecule has 0 amide bonds. The lowest BCUT2D eigenvalue weighted by atomic mass is 9.77. The SMILES string of the molecule is CNC1CC=C(ON(C)C2CCC(C(C(F)(F)F)C(F)(F)F)CC2)CC1. The van der Waals surface area contributed by atoms with Crippen molar-refractivity contribution in [2.45, 2.75) is 69.4 Å². The van der Waals surface area contributed by atoms with Gasteiger partial charge in [0.2, 0.25) is 0 Å². The molecule has 9 heteroatoms. The number of hydroxylamine groups is 2. The zero-order valence-electron chi connectivity index (χ0n) is 15.0. The molecule has 152 valence electrons. The first-order chi connectivity index (χ1) is 12.0. The highest BCUT2D eigenvalue weighted by molar-refractivity contribution is 5.01. The van der Waals surface area contributed by atoms with Crippen LogP contribution in [0.3, 0.4) is 0 Å². The van der Waals surface area contributed by atoms with E-state index in [-0.39, 0.29) is 31.7 Å². The van der Waals surface area contributed by atoms with Crippen LogP contribution >= 0.6 is 0 Å². The molecule has 1 unspecified atom stereocenters. The molecule has 0 saturated heterocycles. The molecule has 0 aromatic carbocycles. The van der Waals surface area contributed by atoms with E-state index in [0.29, 0.717) is 6.04 Å². The Morgan fingerprint density at radius 2 is 1.62 bits per heavy atom. The molecule has 0 radical (unpaired) electrons. The molecule has 3 nitrogen and oxygen atoms in total. The van der Waals surface area contributed by atoms with Gasteiger partial charge >= 0.3 is 12.4 Å². The van der Waals surface area contributed by atoms with E-state index in [4.69, 9.17) is 4.84 Å². The van der Waals surface area contributed by atoms with E-state index in [1.165, 1.54) is 0 Å². The van der Waals surface area contributed by atoms with Crippen LogP contribution in [0.1, 0.15) is 44.9 Å². The van der Waals surface area contributed by atoms with Crippen LogP contribution in [0.4, 0.5) is 26.3 Å². The van der Waals surface area contributed by atoms with Crippen molar-refractivity contribution in [3.63, 3.8) is 0 Å². The lowest BCUT2D eigenvalue weighted by Crippen LogP contribution is -2.45. The summed E-state index contributed by atoms with van der Waals surface area (Å²) in [5, 5.41) is 4.78. The van der Waals surface area contributed by atoms with Gasteiger partial charge in [-0.1, -0.05) is 0 Å². The summed E-state index contributed by atoms with van der Waals surface area (Å²) in [6.07, 6.45) is -5.69. The van der Waals surface area contributed by atoms with Crippen molar-refractivity contribution in [1.29, 1.82) is 0 Å². The molecule has 26 heavy (non-hydrogen) atoms. The van der Waals surface area contributed by atoms with Gasteiger partial charge in [0.1, 0.15) is 5.76 Å². The maximum atomic E-state index is 12.9. The summed E-state index contributed by atoms with van der Waals surface area (Å²) < 4.78 is 77.2. The van der Waals surface area contributed by atoms with Crippen LogP contribution in [0.15, 0.2) is 11.8 Å². The van der Waals surface area contributed by atoms with Crippen LogP contribution in [-0.4, -0.2) is 43.6 Å². The minimum atomic E-state index is -5.26. The second kappa shape index (κ2) is 8.37. The van der Waals surface area contributed by atoms with Gasteiger partial charge in [0.05, 0.1) is 0 Å². The number of nitrogens with one attached hydrogen (secondary N) is 1. The van der Waals surface area contributed by atoms with Crippen molar-refractivity contribution in [2.75, 3.05) is 14.1 Å². The molecule has 1 N–H and O–H groups in total. The van der Waals surface area contributed by atoms with Gasteiger partial charge in [-0.15, -0.1) is 5.06 Å². The van der Waals surface area contributed by atoms with Crippen LogP contribution in [0, 0.1) is 11.8 Å². The molecule has 1 saturated carbocycles. The monoisotopic (exact) mass is 388 g/mol. The normalized spacial score (nSPS) is 28.4. The maximum absolute atomic E-state index is 12.9. The van der Waals surface area contributed by atoms with Gasteiger partial charge in [-0.2, -0.15) is 26.3 Å². The zero-order chi connectivity index (χ0) is 19.5. The molecule has 2 aliphatic carbocycles. The third-order valence-corrected chi connectivity index (χ3v) is 5.47. The lowest BCUT2D eigenvalue weighted by molar-refractivity contribution is -0.302. The zero-order valence-corrected chi connectivity index (χ0v) is 15.0. The molecule has 1 atom stereocenters. The molecule has 0 aliphatic heterocycles. The van der Waals surface area contributed by atoms with Gasteiger partial charge in [-0.25, -0.2) is 0 Å². The predicted molar refractivity (Wildman–Crippen MR) is 85.0 cm³/mol. The molecular formula is C17H26F6N2O. The number of allylic oxidation sites excluding steroid dienone is 1. The fourth-order valence-corrected chi connectivity index (χ4v) is 3.93. The number of halogens is 6. The second-order valence-corrected chi connectivity index (χ2v) is 7.20. The van der Waals surface area contributed by atoms with E-state index >= 15 is 0 Å². The summed E-state index contributed by atoms with van der Waals surface area (Å²) in [6.45, 7) is 0. The number of rotatable bonds is 5. The standard InChI is InChI=1S/C17H26F6N2O/c1-24-12-5-9-14(10-6-12)26-25(2)13-7-3-11(4-8-13)15(16(18,19)20)17(21,22)23/h9,11-13,15,24H,3-8,10H2,1-2H3. The van der Waals surface area contributed by atoms with Crippen LogP contribution in [0.5, 0.6) is 0 Å².